The van der Waals surface area contributed by atoms with Gasteiger partial charge in [0.1, 0.15) is 6.61 Å². The third kappa shape index (κ3) is 4.76. The van der Waals surface area contributed by atoms with Crippen molar-refractivity contribution in [3.05, 3.63) is 30.4 Å². The molecule has 2 amide bonds. The van der Waals surface area contributed by atoms with Gasteiger partial charge in [0.05, 0.1) is 6.10 Å². The van der Waals surface area contributed by atoms with Gasteiger partial charge in [0.25, 0.3) is 5.89 Å². The molecule has 0 radical (unpaired) electrons. The molecule has 1 aliphatic rings. The fourth-order valence-electron chi connectivity index (χ4n) is 2.68. The van der Waals surface area contributed by atoms with Gasteiger partial charge < -0.3 is 19.5 Å². The molecular weight excluding hydrogens is 322 g/mol. The first-order valence-electron chi connectivity index (χ1n) is 8.52. The van der Waals surface area contributed by atoms with Crippen LogP contribution < -0.4 is 5.32 Å². The molecule has 1 fully saturated rings. The summed E-state index contributed by atoms with van der Waals surface area (Å²) in [5, 5.41) is 6.86. The lowest BCUT2D eigenvalue weighted by atomic mass is 10.1. The Bertz CT molecular complexity index is 681. The summed E-state index contributed by atoms with van der Waals surface area (Å²) in [5.74, 6) is 0.950. The number of amides is 2. The molecular formula is C17H23N5O3. The molecule has 1 saturated heterocycles. The van der Waals surface area contributed by atoms with E-state index >= 15 is 0 Å². The van der Waals surface area contributed by atoms with Crippen LogP contribution in [0.1, 0.15) is 32.6 Å². The molecule has 0 aromatic carbocycles. The number of rotatable bonds is 5. The molecule has 8 heteroatoms. The maximum Gasteiger partial charge on any atom is 0.317 e. The van der Waals surface area contributed by atoms with E-state index in [0.29, 0.717) is 24.8 Å². The van der Waals surface area contributed by atoms with Gasteiger partial charge in [-0.2, -0.15) is 4.98 Å². The summed E-state index contributed by atoms with van der Waals surface area (Å²) in [7, 11) is 0. The number of piperidine rings is 1. The van der Waals surface area contributed by atoms with Crippen molar-refractivity contribution in [1.82, 2.24) is 25.3 Å². The van der Waals surface area contributed by atoms with E-state index < -0.39 is 0 Å². The van der Waals surface area contributed by atoms with Crippen LogP contribution in [0, 0.1) is 0 Å². The van der Waals surface area contributed by atoms with Crippen molar-refractivity contribution >= 4 is 6.03 Å². The van der Waals surface area contributed by atoms with E-state index in [0.717, 1.165) is 18.4 Å². The number of carbonyl (C=O) groups excluding carboxylic acids is 1. The van der Waals surface area contributed by atoms with Gasteiger partial charge in [0.15, 0.2) is 0 Å². The van der Waals surface area contributed by atoms with Gasteiger partial charge in [-0.1, -0.05) is 5.16 Å². The third-order valence-corrected chi connectivity index (χ3v) is 3.97. The summed E-state index contributed by atoms with van der Waals surface area (Å²) in [6, 6.07) is 3.84. The zero-order valence-corrected chi connectivity index (χ0v) is 14.5. The zero-order valence-electron chi connectivity index (χ0n) is 14.5. The van der Waals surface area contributed by atoms with Crippen molar-refractivity contribution in [3.63, 3.8) is 0 Å². The van der Waals surface area contributed by atoms with Gasteiger partial charge >= 0.3 is 6.03 Å². The highest BCUT2D eigenvalue weighted by Crippen LogP contribution is 2.17. The Hall–Kier alpha value is -2.48. The number of nitrogens with zero attached hydrogens (tertiary/aromatic N) is 4. The normalized spacial score (nSPS) is 15.6. The van der Waals surface area contributed by atoms with Crippen molar-refractivity contribution in [2.24, 2.45) is 0 Å². The second-order valence-corrected chi connectivity index (χ2v) is 6.36. The molecule has 2 aromatic rings. The second kappa shape index (κ2) is 8.06. The molecule has 8 nitrogen and oxygen atoms in total. The first-order chi connectivity index (χ1) is 12.1. The zero-order chi connectivity index (χ0) is 17.6. The van der Waals surface area contributed by atoms with E-state index in [2.05, 4.69) is 20.4 Å². The Morgan fingerprint density at radius 2 is 2.24 bits per heavy atom. The quantitative estimate of drug-likeness (QED) is 0.893. The molecule has 2 aromatic heterocycles. The molecule has 0 unspecified atom stereocenters. The highest BCUT2D eigenvalue weighted by Gasteiger charge is 2.24. The number of pyridine rings is 1. The van der Waals surface area contributed by atoms with Crippen LogP contribution in [0.15, 0.2) is 29.0 Å². The lowest BCUT2D eigenvalue weighted by Crippen LogP contribution is -2.47. The Balaban J connectivity index is 1.45. The maximum atomic E-state index is 12.0. The van der Waals surface area contributed by atoms with Gasteiger partial charge in [0.2, 0.25) is 5.82 Å². The Labute approximate surface area is 146 Å². The smallest absolute Gasteiger partial charge is 0.317 e. The Morgan fingerprint density at radius 1 is 1.44 bits per heavy atom. The van der Waals surface area contributed by atoms with Gasteiger partial charge in [-0.3, -0.25) is 4.98 Å². The van der Waals surface area contributed by atoms with Crippen LogP contribution in [-0.4, -0.2) is 51.3 Å². The van der Waals surface area contributed by atoms with Gasteiger partial charge in [0, 0.05) is 37.1 Å². The van der Waals surface area contributed by atoms with Gasteiger partial charge in [-0.15, -0.1) is 0 Å². The van der Waals surface area contributed by atoms with Crippen molar-refractivity contribution in [2.75, 3.05) is 13.1 Å². The van der Waals surface area contributed by atoms with Gasteiger partial charge in [-0.25, -0.2) is 4.79 Å². The molecule has 1 aliphatic heterocycles. The predicted molar refractivity (Wildman–Crippen MR) is 90.6 cm³/mol. The number of urea groups is 1. The lowest BCUT2D eigenvalue weighted by molar-refractivity contribution is -0.00620. The first-order valence-corrected chi connectivity index (χ1v) is 8.52. The van der Waals surface area contributed by atoms with Crippen LogP contribution in [0.4, 0.5) is 4.79 Å². The molecule has 134 valence electrons. The van der Waals surface area contributed by atoms with Crippen LogP contribution >= 0.6 is 0 Å². The fourth-order valence-corrected chi connectivity index (χ4v) is 2.68. The molecule has 0 bridgehead atoms. The Kier molecular flexibility index (Phi) is 5.60. The van der Waals surface area contributed by atoms with Crippen molar-refractivity contribution in [2.45, 2.75) is 45.4 Å². The number of carbonyl (C=O) groups is 1. The highest BCUT2D eigenvalue weighted by molar-refractivity contribution is 5.74. The van der Waals surface area contributed by atoms with Crippen LogP contribution in [0.25, 0.3) is 11.4 Å². The van der Waals surface area contributed by atoms with E-state index in [9.17, 15) is 4.79 Å². The standard InChI is InChI=1S/C17H23N5O3/c1-12(2)19-17(23)22-8-5-14(6-9-22)24-11-15-20-16(21-25-15)13-4-3-7-18-10-13/h3-4,7,10,12,14H,5-6,8-9,11H2,1-2H3,(H,19,23). The molecule has 3 heterocycles. The molecule has 0 saturated carbocycles. The van der Waals surface area contributed by atoms with E-state index in [1.165, 1.54) is 0 Å². The lowest BCUT2D eigenvalue weighted by Gasteiger charge is -2.32. The number of ether oxygens (including phenoxy) is 1. The molecule has 0 aliphatic carbocycles. The monoisotopic (exact) mass is 345 g/mol. The minimum absolute atomic E-state index is 0.00790. The largest absolute Gasteiger partial charge is 0.368 e. The number of nitrogens with one attached hydrogen (secondary N) is 1. The summed E-state index contributed by atoms with van der Waals surface area (Å²) in [6.45, 7) is 5.56. The minimum atomic E-state index is -0.00790. The summed E-state index contributed by atoms with van der Waals surface area (Å²) in [6.07, 6.45) is 5.08. The predicted octanol–water partition coefficient (Wildman–Crippen LogP) is 2.23. The summed E-state index contributed by atoms with van der Waals surface area (Å²) in [5.41, 5.74) is 0.807. The van der Waals surface area contributed by atoms with Crippen LogP contribution in [0.5, 0.6) is 0 Å². The topological polar surface area (TPSA) is 93.4 Å². The van der Waals surface area contributed by atoms with Crippen molar-refractivity contribution in [3.8, 4) is 11.4 Å². The number of hydrogen-bond donors (Lipinski definition) is 1. The fraction of sp³-hybridized carbons (Fsp3) is 0.529. The van der Waals surface area contributed by atoms with Gasteiger partial charge in [-0.05, 0) is 38.8 Å². The van der Waals surface area contributed by atoms with E-state index in [4.69, 9.17) is 9.26 Å². The molecule has 0 spiro atoms. The second-order valence-electron chi connectivity index (χ2n) is 6.36. The first kappa shape index (κ1) is 17.3. The van der Waals surface area contributed by atoms with Crippen LogP contribution in [0.2, 0.25) is 0 Å². The SMILES string of the molecule is CC(C)NC(=O)N1CCC(OCc2nc(-c3cccnc3)no2)CC1. The summed E-state index contributed by atoms with van der Waals surface area (Å²) >= 11 is 0. The Morgan fingerprint density at radius 3 is 2.92 bits per heavy atom. The average Bonchev–Trinajstić information content (AvgIpc) is 3.10. The summed E-state index contributed by atoms with van der Waals surface area (Å²) in [4.78, 5) is 22.2. The number of hydrogen-bond acceptors (Lipinski definition) is 6. The van der Waals surface area contributed by atoms with Crippen LogP contribution in [0.3, 0.4) is 0 Å². The average molecular weight is 345 g/mol. The summed E-state index contributed by atoms with van der Waals surface area (Å²) < 4.78 is 11.1. The third-order valence-electron chi connectivity index (χ3n) is 3.97. The molecule has 3 rings (SSSR count). The van der Waals surface area contributed by atoms with Crippen molar-refractivity contribution in [1.29, 1.82) is 0 Å². The van der Waals surface area contributed by atoms with E-state index in [1.807, 2.05) is 30.9 Å². The molecule has 0 atom stereocenters. The molecule has 1 N–H and O–H groups in total. The molecule has 25 heavy (non-hydrogen) atoms. The highest BCUT2D eigenvalue weighted by atomic mass is 16.5. The van der Waals surface area contributed by atoms with E-state index in [-0.39, 0.29) is 24.8 Å². The van der Waals surface area contributed by atoms with Crippen LogP contribution in [-0.2, 0) is 11.3 Å². The number of likely N-dealkylation sites (tertiary alicyclic amines) is 1. The number of aromatic nitrogens is 3. The van der Waals surface area contributed by atoms with Crippen molar-refractivity contribution < 1.29 is 14.1 Å². The van der Waals surface area contributed by atoms with E-state index in [1.54, 1.807) is 12.4 Å². The maximum absolute atomic E-state index is 12.0. The minimum Gasteiger partial charge on any atom is -0.368 e.